The van der Waals surface area contributed by atoms with Crippen LogP contribution in [0.3, 0.4) is 0 Å². The van der Waals surface area contributed by atoms with Crippen LogP contribution in [0.15, 0.2) is 21.7 Å². The smallest absolute Gasteiger partial charge is 0.209 e. The Kier molecular flexibility index (Phi) is 5.10. The molecule has 0 radical (unpaired) electrons. The summed E-state index contributed by atoms with van der Waals surface area (Å²) in [5, 5.41) is 1.58. The van der Waals surface area contributed by atoms with E-state index in [1.807, 2.05) is 0 Å². The zero-order valence-electron chi connectivity index (χ0n) is 8.14. The van der Waals surface area contributed by atoms with Gasteiger partial charge in [-0.1, -0.05) is 6.07 Å². The van der Waals surface area contributed by atoms with E-state index in [1.165, 1.54) is 6.07 Å². The summed E-state index contributed by atoms with van der Waals surface area (Å²) in [6, 6.07) is 2.94. The van der Waals surface area contributed by atoms with Gasteiger partial charge in [0.15, 0.2) is 0 Å². The molecule has 0 saturated carbocycles. The standard InChI is InChI=1S/C8H10ClF2NO2S2/c9-3-4-12(6-7(10)11)16(13,14)8-2-1-5-15-8/h1-2,5,7H,3-4,6H2. The van der Waals surface area contributed by atoms with E-state index in [9.17, 15) is 17.2 Å². The maximum Gasteiger partial charge on any atom is 0.252 e. The molecule has 0 fully saturated rings. The van der Waals surface area contributed by atoms with Crippen molar-refractivity contribution < 1.29 is 17.2 Å². The van der Waals surface area contributed by atoms with Crippen LogP contribution in [0.1, 0.15) is 0 Å². The Morgan fingerprint density at radius 3 is 2.62 bits per heavy atom. The second-order valence-electron chi connectivity index (χ2n) is 2.88. The summed E-state index contributed by atoms with van der Waals surface area (Å²) >= 11 is 6.39. The first kappa shape index (κ1) is 13.8. The van der Waals surface area contributed by atoms with E-state index in [1.54, 1.807) is 11.4 Å². The molecule has 0 atom stereocenters. The second kappa shape index (κ2) is 5.90. The van der Waals surface area contributed by atoms with Gasteiger partial charge >= 0.3 is 0 Å². The first-order chi connectivity index (χ1) is 7.48. The van der Waals surface area contributed by atoms with Gasteiger partial charge in [0.25, 0.3) is 16.4 Å². The lowest BCUT2D eigenvalue weighted by molar-refractivity contribution is 0.121. The van der Waals surface area contributed by atoms with Crippen molar-refractivity contribution in [3.05, 3.63) is 17.5 Å². The molecule has 0 unspecified atom stereocenters. The summed E-state index contributed by atoms with van der Waals surface area (Å²) in [5.74, 6) is -0.0165. The van der Waals surface area contributed by atoms with Crippen molar-refractivity contribution in [2.45, 2.75) is 10.6 Å². The van der Waals surface area contributed by atoms with Gasteiger partial charge in [-0.2, -0.15) is 4.31 Å². The van der Waals surface area contributed by atoms with Crippen LogP contribution in [0.5, 0.6) is 0 Å². The number of nitrogens with zero attached hydrogens (tertiary/aromatic N) is 1. The van der Waals surface area contributed by atoms with Crippen LogP contribution >= 0.6 is 22.9 Å². The third kappa shape index (κ3) is 3.38. The third-order valence-electron chi connectivity index (χ3n) is 1.76. The van der Waals surface area contributed by atoms with Crippen LogP contribution in [-0.2, 0) is 10.0 Å². The fourth-order valence-corrected chi connectivity index (χ4v) is 3.96. The molecule has 16 heavy (non-hydrogen) atoms. The van der Waals surface area contributed by atoms with Gasteiger partial charge in [0.1, 0.15) is 4.21 Å². The van der Waals surface area contributed by atoms with E-state index >= 15 is 0 Å². The zero-order chi connectivity index (χ0) is 12.2. The fourth-order valence-electron chi connectivity index (χ4n) is 1.10. The number of thiophene rings is 1. The number of rotatable bonds is 6. The Morgan fingerprint density at radius 1 is 1.50 bits per heavy atom. The van der Waals surface area contributed by atoms with Gasteiger partial charge in [0.05, 0.1) is 6.54 Å². The predicted molar refractivity (Wildman–Crippen MR) is 59.8 cm³/mol. The molecule has 0 aliphatic carbocycles. The molecule has 1 aromatic rings. The van der Waals surface area contributed by atoms with Crippen LogP contribution in [0.25, 0.3) is 0 Å². The highest BCUT2D eigenvalue weighted by Gasteiger charge is 2.27. The first-order valence-corrected chi connectivity index (χ1v) is 7.21. The van der Waals surface area contributed by atoms with E-state index in [4.69, 9.17) is 11.6 Å². The van der Waals surface area contributed by atoms with E-state index in [2.05, 4.69) is 0 Å². The van der Waals surface area contributed by atoms with E-state index < -0.39 is 23.0 Å². The average Bonchev–Trinajstić information content (AvgIpc) is 2.69. The topological polar surface area (TPSA) is 37.4 Å². The molecule has 8 heteroatoms. The number of alkyl halides is 3. The van der Waals surface area contributed by atoms with E-state index in [0.29, 0.717) is 4.31 Å². The molecule has 0 saturated heterocycles. The van der Waals surface area contributed by atoms with E-state index in [-0.39, 0.29) is 16.6 Å². The van der Waals surface area contributed by atoms with Crippen LogP contribution in [-0.4, -0.2) is 38.1 Å². The average molecular weight is 290 g/mol. The van der Waals surface area contributed by atoms with Gasteiger partial charge in [0, 0.05) is 12.4 Å². The highest BCUT2D eigenvalue weighted by atomic mass is 35.5. The Morgan fingerprint density at radius 2 is 2.19 bits per heavy atom. The summed E-state index contributed by atoms with van der Waals surface area (Å²) in [4.78, 5) is 0. The van der Waals surface area contributed by atoms with Gasteiger partial charge in [-0.05, 0) is 11.4 Å². The molecule has 1 aromatic heterocycles. The van der Waals surface area contributed by atoms with Crippen molar-refractivity contribution >= 4 is 33.0 Å². The minimum Gasteiger partial charge on any atom is -0.209 e. The highest BCUT2D eigenvalue weighted by molar-refractivity contribution is 7.91. The predicted octanol–water partition coefficient (Wildman–Crippen LogP) is 2.24. The Balaban J connectivity index is 2.93. The van der Waals surface area contributed by atoms with Crippen molar-refractivity contribution in [2.24, 2.45) is 0 Å². The summed E-state index contributed by atoms with van der Waals surface area (Å²) in [7, 11) is -3.83. The molecular formula is C8H10ClF2NO2S2. The monoisotopic (exact) mass is 289 g/mol. The molecule has 1 heterocycles. The first-order valence-electron chi connectivity index (χ1n) is 4.36. The summed E-state index contributed by atoms with van der Waals surface area (Å²) in [6.45, 7) is -0.945. The van der Waals surface area contributed by atoms with Crippen molar-refractivity contribution in [3.8, 4) is 0 Å². The largest absolute Gasteiger partial charge is 0.252 e. The van der Waals surface area contributed by atoms with Crippen LogP contribution in [0, 0.1) is 0 Å². The molecule has 0 aromatic carbocycles. The van der Waals surface area contributed by atoms with Crippen molar-refractivity contribution in [3.63, 3.8) is 0 Å². The highest BCUT2D eigenvalue weighted by Crippen LogP contribution is 2.21. The molecule has 0 aliphatic heterocycles. The zero-order valence-corrected chi connectivity index (χ0v) is 10.5. The minimum atomic E-state index is -3.83. The van der Waals surface area contributed by atoms with Gasteiger partial charge in [0.2, 0.25) is 0 Å². The number of hydrogen-bond donors (Lipinski definition) is 0. The lowest BCUT2D eigenvalue weighted by Crippen LogP contribution is -2.36. The Bertz CT molecular complexity index is 408. The molecule has 92 valence electrons. The quantitative estimate of drug-likeness (QED) is 0.753. The Hall–Kier alpha value is -0.240. The number of sulfonamides is 1. The summed E-state index contributed by atoms with van der Waals surface area (Å²) in [6.07, 6.45) is -2.71. The van der Waals surface area contributed by atoms with Gasteiger partial charge in [-0.25, -0.2) is 17.2 Å². The number of halogens is 3. The lowest BCUT2D eigenvalue weighted by Gasteiger charge is -2.19. The van der Waals surface area contributed by atoms with Crippen LogP contribution in [0.2, 0.25) is 0 Å². The van der Waals surface area contributed by atoms with Crippen molar-refractivity contribution in [1.82, 2.24) is 4.31 Å². The maximum atomic E-state index is 12.2. The molecular weight excluding hydrogens is 280 g/mol. The fraction of sp³-hybridized carbons (Fsp3) is 0.500. The maximum absolute atomic E-state index is 12.2. The molecule has 0 N–H and O–H groups in total. The molecule has 0 aliphatic rings. The molecule has 0 bridgehead atoms. The van der Waals surface area contributed by atoms with Gasteiger partial charge in [-0.15, -0.1) is 22.9 Å². The normalized spacial score (nSPS) is 12.6. The third-order valence-corrected chi connectivity index (χ3v) is 5.17. The molecule has 0 amide bonds. The second-order valence-corrected chi connectivity index (χ2v) is 6.37. The van der Waals surface area contributed by atoms with Crippen molar-refractivity contribution in [1.29, 1.82) is 0 Å². The van der Waals surface area contributed by atoms with Gasteiger partial charge < -0.3 is 0 Å². The summed E-state index contributed by atoms with van der Waals surface area (Å²) < 4.78 is 49.0. The summed E-state index contributed by atoms with van der Waals surface area (Å²) in [5.41, 5.74) is 0. The molecule has 1 rings (SSSR count). The SMILES string of the molecule is O=S(=O)(c1cccs1)N(CCCl)CC(F)F. The number of hydrogen-bond acceptors (Lipinski definition) is 3. The van der Waals surface area contributed by atoms with Gasteiger partial charge in [-0.3, -0.25) is 0 Å². The van der Waals surface area contributed by atoms with Crippen LogP contribution in [0.4, 0.5) is 8.78 Å². The van der Waals surface area contributed by atoms with Crippen LogP contribution < -0.4 is 0 Å². The van der Waals surface area contributed by atoms with E-state index in [0.717, 1.165) is 11.3 Å². The lowest BCUT2D eigenvalue weighted by atomic mass is 10.6. The molecule has 0 spiro atoms. The minimum absolute atomic E-state index is 0.0165. The Labute approximate surface area is 102 Å². The van der Waals surface area contributed by atoms with Crippen molar-refractivity contribution in [2.75, 3.05) is 19.0 Å². The molecule has 3 nitrogen and oxygen atoms in total.